The molecule has 1 amide bonds. The number of hydrogen-bond donors (Lipinski definition) is 1. The minimum absolute atomic E-state index is 0.290. The quantitative estimate of drug-likeness (QED) is 0.750. The summed E-state index contributed by atoms with van der Waals surface area (Å²) in [5.74, 6) is -0.290. The molecule has 1 atom stereocenters. The van der Waals surface area contributed by atoms with Gasteiger partial charge in [-0.2, -0.15) is 0 Å². The molecular weight excluding hydrogens is 322 g/mol. The Balaban J connectivity index is 2.41. The summed E-state index contributed by atoms with van der Waals surface area (Å²) in [7, 11) is 0. The van der Waals surface area contributed by atoms with Gasteiger partial charge in [-0.1, -0.05) is 36.4 Å². The van der Waals surface area contributed by atoms with Crippen molar-refractivity contribution in [3.63, 3.8) is 0 Å². The number of rotatable bonds is 9. The van der Waals surface area contributed by atoms with Gasteiger partial charge in [0.15, 0.2) is 0 Å². The molecule has 1 aromatic carbocycles. The van der Waals surface area contributed by atoms with Gasteiger partial charge in [-0.15, -0.1) is 0 Å². The van der Waals surface area contributed by atoms with E-state index in [0.717, 1.165) is 17.8 Å². The molecule has 2 rings (SSSR count). The number of benzene rings is 1. The molecule has 2 aromatic rings. The Kier molecular flexibility index (Phi) is 6.92. The monoisotopic (exact) mass is 353 g/mol. The standard InChI is InChI=1S/C22H31N3O/c1-17(2)25(18(3)4)15-13-22(21(23)26,19-10-6-5-7-11-19)16-20-12-8-9-14-24-20/h5-12,14,17-18H,13,15-16H2,1-4H3,(H2,23,26). The van der Waals surface area contributed by atoms with Crippen LogP contribution in [0.25, 0.3) is 0 Å². The van der Waals surface area contributed by atoms with Gasteiger partial charge in [-0.05, 0) is 51.8 Å². The highest BCUT2D eigenvalue weighted by Crippen LogP contribution is 2.32. The summed E-state index contributed by atoms with van der Waals surface area (Å²) in [5, 5.41) is 0. The molecule has 140 valence electrons. The zero-order chi connectivity index (χ0) is 19.2. The smallest absolute Gasteiger partial charge is 0.228 e. The number of carbonyl (C=O) groups excluding carboxylic acids is 1. The van der Waals surface area contributed by atoms with Gasteiger partial charge in [0.1, 0.15) is 0 Å². The van der Waals surface area contributed by atoms with Crippen LogP contribution in [0, 0.1) is 0 Å². The van der Waals surface area contributed by atoms with E-state index in [0.29, 0.717) is 24.9 Å². The van der Waals surface area contributed by atoms with Gasteiger partial charge >= 0.3 is 0 Å². The van der Waals surface area contributed by atoms with Gasteiger partial charge < -0.3 is 5.73 Å². The molecule has 1 heterocycles. The van der Waals surface area contributed by atoms with E-state index in [1.165, 1.54) is 0 Å². The van der Waals surface area contributed by atoms with Gasteiger partial charge in [0.25, 0.3) is 0 Å². The minimum Gasteiger partial charge on any atom is -0.369 e. The van der Waals surface area contributed by atoms with E-state index in [9.17, 15) is 4.79 Å². The zero-order valence-corrected chi connectivity index (χ0v) is 16.4. The summed E-state index contributed by atoms with van der Waals surface area (Å²) in [4.78, 5) is 19.6. The molecule has 0 radical (unpaired) electrons. The number of pyridine rings is 1. The van der Waals surface area contributed by atoms with Gasteiger partial charge in [0, 0.05) is 36.9 Å². The Morgan fingerprint density at radius 3 is 2.15 bits per heavy atom. The van der Waals surface area contributed by atoms with Crippen LogP contribution in [0.1, 0.15) is 45.4 Å². The Morgan fingerprint density at radius 1 is 1.04 bits per heavy atom. The van der Waals surface area contributed by atoms with Crippen molar-refractivity contribution < 1.29 is 4.79 Å². The molecule has 1 unspecified atom stereocenters. The summed E-state index contributed by atoms with van der Waals surface area (Å²) in [6.45, 7) is 9.56. The molecule has 2 N–H and O–H groups in total. The van der Waals surface area contributed by atoms with Crippen molar-refractivity contribution in [1.29, 1.82) is 0 Å². The van der Waals surface area contributed by atoms with E-state index < -0.39 is 5.41 Å². The molecule has 0 spiro atoms. The van der Waals surface area contributed by atoms with E-state index >= 15 is 0 Å². The van der Waals surface area contributed by atoms with Gasteiger partial charge in [-0.25, -0.2) is 0 Å². The summed E-state index contributed by atoms with van der Waals surface area (Å²) < 4.78 is 0. The summed E-state index contributed by atoms with van der Waals surface area (Å²) in [5.41, 5.74) is 7.09. The average Bonchev–Trinajstić information content (AvgIpc) is 2.61. The molecule has 0 saturated carbocycles. The predicted molar refractivity (Wildman–Crippen MR) is 107 cm³/mol. The number of primary amides is 1. The summed E-state index contributed by atoms with van der Waals surface area (Å²) in [6.07, 6.45) is 2.94. The van der Waals surface area contributed by atoms with Crippen molar-refractivity contribution in [3.8, 4) is 0 Å². The van der Waals surface area contributed by atoms with Gasteiger partial charge in [-0.3, -0.25) is 14.7 Å². The van der Waals surface area contributed by atoms with Crippen LogP contribution in [-0.4, -0.2) is 34.4 Å². The van der Waals surface area contributed by atoms with Crippen molar-refractivity contribution in [2.24, 2.45) is 5.73 Å². The topological polar surface area (TPSA) is 59.2 Å². The third kappa shape index (κ3) is 4.70. The fourth-order valence-corrected chi connectivity index (χ4v) is 3.69. The Bertz CT molecular complexity index is 677. The van der Waals surface area contributed by atoms with E-state index in [1.54, 1.807) is 6.20 Å². The first-order chi connectivity index (χ1) is 12.4. The van der Waals surface area contributed by atoms with E-state index in [1.807, 2.05) is 48.5 Å². The molecule has 0 fully saturated rings. The first kappa shape index (κ1) is 20.1. The number of amides is 1. The number of hydrogen-bond acceptors (Lipinski definition) is 3. The van der Waals surface area contributed by atoms with Crippen LogP contribution >= 0.6 is 0 Å². The molecule has 4 heteroatoms. The van der Waals surface area contributed by atoms with Crippen molar-refractivity contribution in [1.82, 2.24) is 9.88 Å². The maximum atomic E-state index is 12.8. The summed E-state index contributed by atoms with van der Waals surface area (Å²) >= 11 is 0. The maximum absolute atomic E-state index is 12.8. The number of nitrogens with two attached hydrogens (primary N) is 1. The molecule has 0 aliphatic heterocycles. The van der Waals surface area contributed by atoms with Crippen molar-refractivity contribution in [2.75, 3.05) is 6.54 Å². The van der Waals surface area contributed by atoms with Crippen molar-refractivity contribution in [3.05, 3.63) is 66.0 Å². The first-order valence-electron chi connectivity index (χ1n) is 9.38. The van der Waals surface area contributed by atoms with Gasteiger partial charge in [0.2, 0.25) is 5.91 Å². The minimum atomic E-state index is -0.766. The van der Waals surface area contributed by atoms with E-state index in [4.69, 9.17) is 5.73 Å². The summed E-state index contributed by atoms with van der Waals surface area (Å²) in [6, 6.07) is 16.5. The van der Waals surface area contributed by atoms with Crippen LogP contribution < -0.4 is 5.73 Å². The lowest BCUT2D eigenvalue weighted by atomic mass is 9.73. The first-order valence-corrected chi connectivity index (χ1v) is 9.38. The normalized spacial score (nSPS) is 14.0. The Hall–Kier alpha value is -2.20. The number of aromatic nitrogens is 1. The Labute approximate surface area is 157 Å². The van der Waals surface area contributed by atoms with E-state index in [-0.39, 0.29) is 5.91 Å². The lowest BCUT2D eigenvalue weighted by Gasteiger charge is -2.36. The molecule has 0 aliphatic carbocycles. The van der Waals surface area contributed by atoms with E-state index in [2.05, 4.69) is 37.6 Å². The lowest BCUT2D eigenvalue weighted by molar-refractivity contribution is -0.124. The fraction of sp³-hybridized carbons (Fsp3) is 0.455. The highest BCUT2D eigenvalue weighted by Gasteiger charge is 2.39. The van der Waals surface area contributed by atoms with Crippen LogP contribution in [0.15, 0.2) is 54.7 Å². The maximum Gasteiger partial charge on any atom is 0.228 e. The fourth-order valence-electron chi connectivity index (χ4n) is 3.69. The molecule has 0 bridgehead atoms. The Morgan fingerprint density at radius 2 is 1.65 bits per heavy atom. The molecule has 4 nitrogen and oxygen atoms in total. The highest BCUT2D eigenvalue weighted by atomic mass is 16.1. The van der Waals surface area contributed by atoms with Crippen LogP contribution in [-0.2, 0) is 16.6 Å². The SMILES string of the molecule is CC(C)N(CCC(Cc1ccccn1)(C(N)=O)c1ccccc1)C(C)C. The zero-order valence-electron chi connectivity index (χ0n) is 16.4. The molecule has 26 heavy (non-hydrogen) atoms. The van der Waals surface area contributed by atoms with Crippen LogP contribution in [0.2, 0.25) is 0 Å². The molecular formula is C22H31N3O. The predicted octanol–water partition coefficient (Wildman–Crippen LogP) is 3.56. The highest BCUT2D eigenvalue weighted by molar-refractivity contribution is 5.87. The number of carbonyl (C=O) groups is 1. The second-order valence-corrected chi connectivity index (χ2v) is 7.49. The third-order valence-electron chi connectivity index (χ3n) is 5.13. The molecule has 1 aromatic heterocycles. The largest absolute Gasteiger partial charge is 0.369 e. The van der Waals surface area contributed by atoms with Crippen LogP contribution in [0.4, 0.5) is 0 Å². The second-order valence-electron chi connectivity index (χ2n) is 7.49. The van der Waals surface area contributed by atoms with Crippen LogP contribution in [0.3, 0.4) is 0 Å². The van der Waals surface area contributed by atoms with Gasteiger partial charge in [0.05, 0.1) is 5.41 Å². The average molecular weight is 354 g/mol. The third-order valence-corrected chi connectivity index (χ3v) is 5.13. The van der Waals surface area contributed by atoms with Crippen molar-refractivity contribution in [2.45, 2.75) is 58.0 Å². The van der Waals surface area contributed by atoms with Crippen molar-refractivity contribution >= 4 is 5.91 Å². The molecule has 0 saturated heterocycles. The lowest BCUT2D eigenvalue weighted by Crippen LogP contribution is -2.47. The number of nitrogens with zero attached hydrogens (tertiary/aromatic N) is 2. The molecule has 0 aliphatic rings. The van der Waals surface area contributed by atoms with Crippen LogP contribution in [0.5, 0.6) is 0 Å². The second kappa shape index (κ2) is 8.95.